The first kappa shape index (κ1) is 13.9. The molecule has 0 heterocycles. The lowest BCUT2D eigenvalue weighted by Gasteiger charge is -2.25. The summed E-state index contributed by atoms with van der Waals surface area (Å²) in [4.78, 5) is 11.7. The van der Waals surface area contributed by atoms with E-state index in [1.807, 2.05) is 20.8 Å². The Bertz CT molecular complexity index is 290. The highest BCUT2D eigenvalue weighted by molar-refractivity contribution is 5.81. The Hall–Kier alpha value is -1.19. The molecule has 0 aliphatic heterocycles. The van der Waals surface area contributed by atoms with Gasteiger partial charge in [-0.25, -0.2) is 0 Å². The zero-order valence-corrected chi connectivity index (χ0v) is 11.3. The normalized spacial score (nSPS) is 17.2. The van der Waals surface area contributed by atoms with Crippen molar-refractivity contribution < 1.29 is 9.53 Å². The summed E-state index contributed by atoms with van der Waals surface area (Å²) in [6.07, 6.45) is 2.48. The Morgan fingerprint density at radius 3 is 2.53 bits per heavy atom. The van der Waals surface area contributed by atoms with E-state index in [-0.39, 0.29) is 17.6 Å². The Balaban J connectivity index is 2.23. The van der Waals surface area contributed by atoms with Crippen LogP contribution in [0.3, 0.4) is 0 Å². The summed E-state index contributed by atoms with van der Waals surface area (Å²) in [6.45, 7) is 12.2. The highest BCUT2D eigenvalue weighted by atomic mass is 16.5. The van der Waals surface area contributed by atoms with Gasteiger partial charge in [0.15, 0.2) is 5.88 Å². The molecule has 0 aromatic rings. The fourth-order valence-electron chi connectivity index (χ4n) is 1.43. The summed E-state index contributed by atoms with van der Waals surface area (Å²) >= 11 is 0. The van der Waals surface area contributed by atoms with E-state index < -0.39 is 0 Å². The lowest BCUT2D eigenvalue weighted by molar-refractivity contribution is -0.123. The van der Waals surface area contributed by atoms with Crippen molar-refractivity contribution in [2.45, 2.75) is 52.2 Å². The van der Waals surface area contributed by atoms with Gasteiger partial charge in [-0.3, -0.25) is 4.79 Å². The van der Waals surface area contributed by atoms with Crippen molar-refractivity contribution in [2.24, 2.45) is 5.92 Å². The molecule has 1 saturated carbocycles. The molecule has 0 saturated heterocycles. The third kappa shape index (κ3) is 6.19. The van der Waals surface area contributed by atoms with Gasteiger partial charge in [0.25, 0.3) is 0 Å². The largest absolute Gasteiger partial charge is 0.474 e. The number of amides is 1. The highest BCUT2D eigenvalue weighted by Crippen LogP contribution is 2.27. The smallest absolute Gasteiger partial charge is 0.242 e. The van der Waals surface area contributed by atoms with Crippen molar-refractivity contribution in [1.29, 1.82) is 0 Å². The molecule has 17 heavy (non-hydrogen) atoms. The second-order valence-electron chi connectivity index (χ2n) is 5.69. The van der Waals surface area contributed by atoms with Crippen molar-refractivity contribution >= 4 is 5.91 Å². The summed E-state index contributed by atoms with van der Waals surface area (Å²) in [5.74, 6) is 1.13. The maximum absolute atomic E-state index is 11.7. The minimum absolute atomic E-state index is 0.00411. The molecule has 2 N–H and O–H groups in total. The second kappa shape index (κ2) is 5.43. The number of rotatable bonds is 6. The maximum atomic E-state index is 11.7. The molecule has 1 atom stereocenters. The molecule has 4 nitrogen and oxygen atoms in total. The number of ether oxygens (including phenoxy) is 1. The van der Waals surface area contributed by atoms with E-state index >= 15 is 0 Å². The number of nitrogens with one attached hydrogen (secondary N) is 2. The molecule has 1 fully saturated rings. The van der Waals surface area contributed by atoms with Crippen LogP contribution in [0.4, 0.5) is 0 Å². The summed E-state index contributed by atoms with van der Waals surface area (Å²) < 4.78 is 5.51. The summed E-state index contributed by atoms with van der Waals surface area (Å²) in [7, 11) is 0. The van der Waals surface area contributed by atoms with Gasteiger partial charge in [-0.1, -0.05) is 0 Å². The van der Waals surface area contributed by atoms with E-state index in [1.165, 1.54) is 12.8 Å². The maximum Gasteiger partial charge on any atom is 0.242 e. The lowest BCUT2D eigenvalue weighted by Crippen LogP contribution is -2.43. The van der Waals surface area contributed by atoms with Crippen LogP contribution in [-0.4, -0.2) is 24.1 Å². The van der Waals surface area contributed by atoms with Crippen molar-refractivity contribution in [3.63, 3.8) is 0 Å². The van der Waals surface area contributed by atoms with Crippen LogP contribution in [0, 0.1) is 5.92 Å². The van der Waals surface area contributed by atoms with Gasteiger partial charge in [0.2, 0.25) is 5.91 Å². The summed E-state index contributed by atoms with van der Waals surface area (Å²) in [6, 6.07) is -0.316. The van der Waals surface area contributed by atoms with Gasteiger partial charge < -0.3 is 15.4 Å². The van der Waals surface area contributed by atoms with Crippen LogP contribution >= 0.6 is 0 Å². The number of hydrogen-bond donors (Lipinski definition) is 2. The molecule has 0 bridgehead atoms. The van der Waals surface area contributed by atoms with Crippen LogP contribution in [-0.2, 0) is 9.53 Å². The van der Waals surface area contributed by atoms with Crippen LogP contribution in [0.2, 0.25) is 0 Å². The lowest BCUT2D eigenvalue weighted by atomic mass is 10.2. The first-order valence-corrected chi connectivity index (χ1v) is 6.20. The fourth-order valence-corrected chi connectivity index (χ4v) is 1.43. The zero-order valence-electron chi connectivity index (χ0n) is 11.3. The average molecular weight is 240 g/mol. The van der Waals surface area contributed by atoms with Crippen molar-refractivity contribution in [3.05, 3.63) is 12.5 Å². The van der Waals surface area contributed by atoms with E-state index in [0.29, 0.717) is 11.8 Å². The average Bonchev–Trinajstić information content (AvgIpc) is 2.93. The molecule has 0 spiro atoms. The Kier molecular flexibility index (Phi) is 4.43. The highest BCUT2D eigenvalue weighted by Gasteiger charge is 2.23. The molecule has 1 aliphatic rings. The Morgan fingerprint density at radius 1 is 1.47 bits per heavy atom. The number of carbonyl (C=O) groups excluding carboxylic acids is 1. The molecule has 1 rings (SSSR count). The molecule has 4 heteroatoms. The molecule has 0 radical (unpaired) electrons. The Morgan fingerprint density at radius 2 is 2.06 bits per heavy atom. The topological polar surface area (TPSA) is 50.4 Å². The van der Waals surface area contributed by atoms with Crippen LogP contribution in [0.1, 0.15) is 40.5 Å². The molecular weight excluding hydrogens is 216 g/mol. The quantitative estimate of drug-likeness (QED) is 0.696. The third-order valence-electron chi connectivity index (χ3n) is 2.46. The molecule has 1 aliphatic carbocycles. The van der Waals surface area contributed by atoms with Gasteiger partial charge in [0.05, 0.1) is 0 Å². The van der Waals surface area contributed by atoms with Gasteiger partial charge in [-0.2, -0.15) is 0 Å². The van der Waals surface area contributed by atoms with Crippen molar-refractivity contribution in [2.75, 3.05) is 6.54 Å². The third-order valence-corrected chi connectivity index (χ3v) is 2.46. The van der Waals surface area contributed by atoms with Crippen LogP contribution in [0.5, 0.6) is 0 Å². The standard InChI is InChI=1S/C13H24N2O2/c1-9(12(16)14-8-11-6-7-11)15-10(2)17-13(3,4)5/h9,11,15H,2,6-8H2,1,3-5H3,(H,14,16)/t9-/m0/s1. The van der Waals surface area contributed by atoms with Gasteiger partial charge in [-0.05, 0) is 53.0 Å². The van der Waals surface area contributed by atoms with Crippen molar-refractivity contribution in [1.82, 2.24) is 10.6 Å². The molecule has 98 valence electrons. The first-order valence-electron chi connectivity index (χ1n) is 6.20. The van der Waals surface area contributed by atoms with Crippen LogP contribution in [0.15, 0.2) is 12.5 Å². The second-order valence-corrected chi connectivity index (χ2v) is 5.69. The predicted octanol–water partition coefficient (Wildman–Crippen LogP) is 1.78. The fraction of sp³-hybridized carbons (Fsp3) is 0.769. The van der Waals surface area contributed by atoms with Gasteiger partial charge in [-0.15, -0.1) is 0 Å². The van der Waals surface area contributed by atoms with Crippen LogP contribution in [0.25, 0.3) is 0 Å². The zero-order chi connectivity index (χ0) is 13.1. The predicted molar refractivity (Wildman–Crippen MR) is 68.3 cm³/mol. The van der Waals surface area contributed by atoms with E-state index in [4.69, 9.17) is 4.74 Å². The van der Waals surface area contributed by atoms with Gasteiger partial charge in [0.1, 0.15) is 11.6 Å². The molecule has 0 unspecified atom stereocenters. The SMILES string of the molecule is C=C(N[C@@H](C)C(=O)NCC1CC1)OC(C)(C)C. The van der Waals surface area contributed by atoms with E-state index in [1.54, 1.807) is 6.92 Å². The van der Waals surface area contributed by atoms with Crippen LogP contribution < -0.4 is 10.6 Å². The molecule has 0 aromatic carbocycles. The van der Waals surface area contributed by atoms with Gasteiger partial charge >= 0.3 is 0 Å². The number of hydrogen-bond acceptors (Lipinski definition) is 3. The van der Waals surface area contributed by atoms with E-state index in [0.717, 1.165) is 6.54 Å². The minimum atomic E-state index is -0.316. The van der Waals surface area contributed by atoms with E-state index in [2.05, 4.69) is 17.2 Å². The number of carbonyl (C=O) groups is 1. The summed E-state index contributed by atoms with van der Waals surface area (Å²) in [5.41, 5.74) is -0.297. The summed E-state index contributed by atoms with van der Waals surface area (Å²) in [5, 5.41) is 5.87. The minimum Gasteiger partial charge on any atom is -0.474 e. The first-order chi connectivity index (χ1) is 7.78. The van der Waals surface area contributed by atoms with E-state index in [9.17, 15) is 4.79 Å². The Labute approximate surface area is 104 Å². The molecule has 1 amide bonds. The monoisotopic (exact) mass is 240 g/mol. The van der Waals surface area contributed by atoms with Gasteiger partial charge in [0, 0.05) is 6.54 Å². The molecule has 0 aromatic heterocycles. The molecular formula is C13H24N2O2. The van der Waals surface area contributed by atoms with Crippen molar-refractivity contribution in [3.8, 4) is 0 Å².